The monoisotopic (exact) mass is 371 g/mol. The molecule has 0 bridgehead atoms. The fourth-order valence-corrected chi connectivity index (χ4v) is 2.31. The Morgan fingerprint density at radius 3 is 2.62 bits per heavy atom. The third-order valence-corrected chi connectivity index (χ3v) is 3.57. The third kappa shape index (κ3) is 3.65. The predicted octanol–water partition coefficient (Wildman–Crippen LogP) is 3.78. The molecule has 0 unspecified atom stereocenters. The van der Waals surface area contributed by atoms with E-state index in [4.69, 9.17) is 21.1 Å². The fraction of sp³-hybridized carbons (Fsp3) is 0.143. The molecule has 0 aliphatic rings. The molecule has 0 amide bonds. The lowest BCUT2D eigenvalue weighted by Gasteiger charge is -2.11. The molecule has 0 aliphatic heterocycles. The maximum Gasteiger partial charge on any atom is 0.340 e. The largest absolute Gasteiger partial charge is 0.497 e. The topological polar surface area (TPSA) is 68.7 Å². The van der Waals surface area contributed by atoms with Crippen LogP contribution in [0.1, 0.15) is 15.9 Å². The summed E-state index contributed by atoms with van der Waals surface area (Å²) in [6.07, 6.45) is 1.33. The number of carbonyl (C=O) groups is 1. The number of pyridine rings is 1. The Kier molecular flexibility index (Phi) is 5.03. The summed E-state index contributed by atoms with van der Waals surface area (Å²) >= 11 is 9.05. The van der Waals surface area contributed by atoms with Crippen molar-refractivity contribution in [3.8, 4) is 11.5 Å². The summed E-state index contributed by atoms with van der Waals surface area (Å²) in [5.74, 6) is -0.377. The second-order valence-corrected chi connectivity index (χ2v) is 5.26. The van der Waals surface area contributed by atoms with E-state index in [1.807, 2.05) is 12.1 Å². The Hall–Kier alpha value is -1.79. The molecule has 21 heavy (non-hydrogen) atoms. The van der Waals surface area contributed by atoms with Gasteiger partial charge in [0.05, 0.1) is 11.6 Å². The number of benzene rings is 1. The molecular weight excluding hydrogens is 362 g/mol. The fourth-order valence-electron chi connectivity index (χ4n) is 1.66. The van der Waals surface area contributed by atoms with E-state index in [0.717, 1.165) is 11.3 Å². The number of hydrogen-bond donors (Lipinski definition) is 1. The molecule has 0 radical (unpaired) electrons. The maximum atomic E-state index is 11.3. The van der Waals surface area contributed by atoms with Crippen molar-refractivity contribution in [3.05, 3.63) is 51.2 Å². The molecule has 0 saturated carbocycles. The van der Waals surface area contributed by atoms with E-state index in [1.54, 1.807) is 19.2 Å². The molecule has 1 aromatic heterocycles. The van der Waals surface area contributed by atoms with Crippen LogP contribution in [0, 0.1) is 0 Å². The molecule has 1 heterocycles. The van der Waals surface area contributed by atoms with Crippen molar-refractivity contribution in [3.63, 3.8) is 0 Å². The molecular formula is C14H11BrClNO4. The first-order chi connectivity index (χ1) is 10.0. The van der Waals surface area contributed by atoms with E-state index in [1.165, 1.54) is 6.20 Å². The van der Waals surface area contributed by atoms with Gasteiger partial charge in [-0.05, 0) is 33.6 Å². The molecule has 1 aromatic carbocycles. The zero-order valence-electron chi connectivity index (χ0n) is 11.0. The lowest BCUT2D eigenvalue weighted by molar-refractivity contribution is 0.0690. The second kappa shape index (κ2) is 6.78. The van der Waals surface area contributed by atoms with Crippen LogP contribution in [0.15, 0.2) is 34.9 Å². The van der Waals surface area contributed by atoms with Gasteiger partial charge in [0.2, 0.25) is 0 Å². The molecule has 110 valence electrons. The highest BCUT2D eigenvalue weighted by Gasteiger charge is 2.20. The SMILES string of the molecule is COc1ccc(COc2c(Cl)ncc(Br)c2C(=O)O)cc1. The minimum absolute atomic E-state index is 0.00381. The number of aromatic carboxylic acids is 1. The van der Waals surface area contributed by atoms with Gasteiger partial charge in [-0.25, -0.2) is 9.78 Å². The molecule has 1 N–H and O–H groups in total. The minimum Gasteiger partial charge on any atom is -0.497 e. The van der Waals surface area contributed by atoms with Gasteiger partial charge >= 0.3 is 5.97 Å². The lowest BCUT2D eigenvalue weighted by atomic mass is 10.2. The normalized spacial score (nSPS) is 10.2. The number of methoxy groups -OCH3 is 1. The highest BCUT2D eigenvalue weighted by atomic mass is 79.9. The molecule has 5 nitrogen and oxygen atoms in total. The summed E-state index contributed by atoms with van der Waals surface area (Å²) in [6.45, 7) is 0.169. The number of nitrogens with zero attached hydrogens (tertiary/aromatic N) is 1. The maximum absolute atomic E-state index is 11.3. The highest BCUT2D eigenvalue weighted by molar-refractivity contribution is 9.10. The lowest BCUT2D eigenvalue weighted by Crippen LogP contribution is -2.06. The third-order valence-electron chi connectivity index (χ3n) is 2.70. The van der Waals surface area contributed by atoms with Crippen molar-refractivity contribution in [1.82, 2.24) is 4.98 Å². The Morgan fingerprint density at radius 1 is 1.38 bits per heavy atom. The summed E-state index contributed by atoms with van der Waals surface area (Å²) in [7, 11) is 1.58. The summed E-state index contributed by atoms with van der Waals surface area (Å²) in [5.41, 5.74) is 0.798. The van der Waals surface area contributed by atoms with E-state index in [0.29, 0.717) is 4.47 Å². The predicted molar refractivity (Wildman–Crippen MR) is 81.2 cm³/mol. The zero-order chi connectivity index (χ0) is 15.4. The first-order valence-electron chi connectivity index (χ1n) is 5.86. The Bertz CT molecular complexity index is 661. The Balaban J connectivity index is 2.23. The molecule has 0 fully saturated rings. The van der Waals surface area contributed by atoms with Crippen LogP contribution in [0.5, 0.6) is 11.5 Å². The van der Waals surface area contributed by atoms with Crippen molar-refractivity contribution in [2.45, 2.75) is 6.61 Å². The van der Waals surface area contributed by atoms with Crippen molar-refractivity contribution in [2.24, 2.45) is 0 Å². The number of rotatable bonds is 5. The van der Waals surface area contributed by atoms with Crippen LogP contribution in [-0.4, -0.2) is 23.2 Å². The van der Waals surface area contributed by atoms with Gasteiger partial charge in [0.1, 0.15) is 17.9 Å². The molecule has 7 heteroatoms. The van der Waals surface area contributed by atoms with E-state index in [2.05, 4.69) is 20.9 Å². The quantitative estimate of drug-likeness (QED) is 0.809. The van der Waals surface area contributed by atoms with Gasteiger partial charge in [-0.1, -0.05) is 23.7 Å². The summed E-state index contributed by atoms with van der Waals surface area (Å²) in [4.78, 5) is 15.1. The van der Waals surface area contributed by atoms with Gasteiger partial charge in [0, 0.05) is 6.20 Å². The summed E-state index contributed by atoms with van der Waals surface area (Å²) < 4.78 is 10.9. The number of aromatic nitrogens is 1. The Morgan fingerprint density at radius 2 is 2.05 bits per heavy atom. The number of halogens is 2. The summed E-state index contributed by atoms with van der Waals surface area (Å²) in [5, 5.41) is 9.23. The number of hydrogen-bond acceptors (Lipinski definition) is 4. The van der Waals surface area contributed by atoms with Crippen LogP contribution in [-0.2, 0) is 6.61 Å². The van der Waals surface area contributed by atoms with Gasteiger partial charge in [-0.3, -0.25) is 0 Å². The number of carboxylic acids is 1. The van der Waals surface area contributed by atoms with Gasteiger partial charge in [-0.15, -0.1) is 0 Å². The standard InChI is InChI=1S/C14H11BrClNO4/c1-20-9-4-2-8(3-5-9)7-21-12-11(14(18)19)10(15)6-17-13(12)16/h2-6H,7H2,1H3,(H,18,19). The number of ether oxygens (including phenoxy) is 2. The first-order valence-corrected chi connectivity index (χ1v) is 7.03. The van der Waals surface area contributed by atoms with E-state index >= 15 is 0 Å². The van der Waals surface area contributed by atoms with Crippen LogP contribution in [0.2, 0.25) is 5.15 Å². The molecule has 2 aromatic rings. The van der Waals surface area contributed by atoms with Crippen molar-refractivity contribution in [2.75, 3.05) is 7.11 Å². The van der Waals surface area contributed by atoms with Crippen LogP contribution < -0.4 is 9.47 Å². The molecule has 0 saturated heterocycles. The van der Waals surface area contributed by atoms with Crippen molar-refractivity contribution < 1.29 is 19.4 Å². The van der Waals surface area contributed by atoms with Gasteiger partial charge in [0.25, 0.3) is 0 Å². The van der Waals surface area contributed by atoms with E-state index in [-0.39, 0.29) is 23.1 Å². The molecule has 2 rings (SSSR count). The summed E-state index contributed by atoms with van der Waals surface area (Å²) in [6, 6.07) is 7.21. The van der Waals surface area contributed by atoms with Gasteiger partial charge in [0.15, 0.2) is 10.9 Å². The van der Waals surface area contributed by atoms with E-state index in [9.17, 15) is 9.90 Å². The zero-order valence-corrected chi connectivity index (χ0v) is 13.3. The van der Waals surface area contributed by atoms with E-state index < -0.39 is 5.97 Å². The average Bonchev–Trinajstić information content (AvgIpc) is 2.48. The second-order valence-electron chi connectivity index (χ2n) is 4.04. The van der Waals surface area contributed by atoms with Crippen LogP contribution in [0.25, 0.3) is 0 Å². The Labute approximate surface area is 134 Å². The van der Waals surface area contributed by atoms with Gasteiger partial charge < -0.3 is 14.6 Å². The van der Waals surface area contributed by atoms with Crippen LogP contribution in [0.3, 0.4) is 0 Å². The molecule has 0 aliphatic carbocycles. The first kappa shape index (κ1) is 15.6. The van der Waals surface area contributed by atoms with Gasteiger partial charge in [-0.2, -0.15) is 0 Å². The number of carboxylic acid groups (broad SMARTS) is 1. The molecule has 0 atom stereocenters. The van der Waals surface area contributed by atoms with Crippen molar-refractivity contribution >= 4 is 33.5 Å². The smallest absolute Gasteiger partial charge is 0.340 e. The van der Waals surface area contributed by atoms with Crippen LogP contribution in [0.4, 0.5) is 0 Å². The van der Waals surface area contributed by atoms with Crippen molar-refractivity contribution in [1.29, 1.82) is 0 Å². The minimum atomic E-state index is -1.14. The van der Waals surface area contributed by atoms with Crippen LogP contribution >= 0.6 is 27.5 Å². The average molecular weight is 373 g/mol. The highest BCUT2D eigenvalue weighted by Crippen LogP contribution is 2.32. The molecule has 0 spiro atoms.